The first kappa shape index (κ1) is 20.0. The third-order valence-corrected chi connectivity index (χ3v) is 7.39. The molecule has 0 radical (unpaired) electrons. The summed E-state index contributed by atoms with van der Waals surface area (Å²) < 4.78 is 1.19. The van der Waals surface area contributed by atoms with Crippen molar-refractivity contribution in [2.45, 2.75) is 0 Å². The van der Waals surface area contributed by atoms with Crippen molar-refractivity contribution >= 4 is 43.2 Å². The summed E-state index contributed by atoms with van der Waals surface area (Å²) in [4.78, 5) is 15.1. The Morgan fingerprint density at radius 1 is 0.514 bits per heavy atom. The Morgan fingerprint density at radius 3 is 2.20 bits per heavy atom. The minimum Gasteiger partial charge on any atom is -0.236 e. The molecule has 164 valence electrons. The molecule has 2 heterocycles. The molecule has 0 saturated carbocycles. The smallest absolute Gasteiger partial charge is 0.160 e. The number of para-hydroxylation sites is 1. The van der Waals surface area contributed by atoms with Crippen molar-refractivity contribution in [2.24, 2.45) is 0 Å². The molecule has 0 spiro atoms. The number of rotatable bonds is 3. The van der Waals surface area contributed by atoms with Crippen molar-refractivity contribution < 1.29 is 0 Å². The van der Waals surface area contributed by atoms with Crippen LogP contribution in [0.5, 0.6) is 0 Å². The molecule has 7 rings (SSSR count). The summed E-state index contributed by atoms with van der Waals surface area (Å²) in [7, 11) is 0. The SMILES string of the molecule is c1ccc(-c2nc(-c3cccc(-c4nc5ccccc5s4)c3)nc3c2ccc2ccccc23)cc1. The molecule has 0 amide bonds. The summed E-state index contributed by atoms with van der Waals surface area (Å²) in [5.41, 5.74) is 6.08. The van der Waals surface area contributed by atoms with Gasteiger partial charge in [-0.15, -0.1) is 11.3 Å². The normalized spacial score (nSPS) is 11.4. The predicted octanol–water partition coefficient (Wildman–Crippen LogP) is 8.39. The number of fused-ring (bicyclic) bond motifs is 4. The van der Waals surface area contributed by atoms with Gasteiger partial charge >= 0.3 is 0 Å². The fraction of sp³-hybridized carbons (Fsp3) is 0. The first-order valence-corrected chi connectivity index (χ1v) is 12.4. The summed E-state index contributed by atoms with van der Waals surface area (Å²) in [5, 5.41) is 4.36. The van der Waals surface area contributed by atoms with Gasteiger partial charge in [-0.1, -0.05) is 91.0 Å². The van der Waals surface area contributed by atoms with E-state index in [2.05, 4.69) is 103 Å². The van der Waals surface area contributed by atoms with Gasteiger partial charge in [-0.05, 0) is 29.7 Å². The molecular weight excluding hydrogens is 446 g/mol. The number of hydrogen-bond donors (Lipinski definition) is 0. The molecule has 4 heteroatoms. The van der Waals surface area contributed by atoms with E-state index < -0.39 is 0 Å². The number of hydrogen-bond acceptors (Lipinski definition) is 4. The molecule has 3 nitrogen and oxygen atoms in total. The zero-order valence-corrected chi connectivity index (χ0v) is 19.5. The topological polar surface area (TPSA) is 38.7 Å². The van der Waals surface area contributed by atoms with E-state index in [4.69, 9.17) is 15.0 Å². The van der Waals surface area contributed by atoms with Crippen molar-refractivity contribution in [2.75, 3.05) is 0 Å². The Balaban J connectivity index is 1.47. The molecule has 0 saturated heterocycles. The second-order valence-corrected chi connectivity index (χ2v) is 9.54. The Labute approximate surface area is 206 Å². The lowest BCUT2D eigenvalue weighted by molar-refractivity contribution is 1.23. The average Bonchev–Trinajstić information content (AvgIpc) is 3.37. The van der Waals surface area contributed by atoms with Gasteiger partial charge in [-0.3, -0.25) is 0 Å². The monoisotopic (exact) mass is 465 g/mol. The van der Waals surface area contributed by atoms with Gasteiger partial charge in [0.2, 0.25) is 0 Å². The van der Waals surface area contributed by atoms with Crippen LogP contribution in [0.4, 0.5) is 0 Å². The molecule has 0 aliphatic rings. The van der Waals surface area contributed by atoms with Crippen LogP contribution in [0.15, 0.2) is 115 Å². The zero-order chi connectivity index (χ0) is 23.2. The highest BCUT2D eigenvalue weighted by Gasteiger charge is 2.15. The van der Waals surface area contributed by atoms with Crippen LogP contribution in [0.1, 0.15) is 0 Å². The van der Waals surface area contributed by atoms with Crippen LogP contribution >= 0.6 is 11.3 Å². The van der Waals surface area contributed by atoms with Gasteiger partial charge in [0.05, 0.1) is 21.4 Å². The Morgan fingerprint density at radius 2 is 1.29 bits per heavy atom. The van der Waals surface area contributed by atoms with Crippen LogP contribution in [0, 0.1) is 0 Å². The maximum absolute atomic E-state index is 5.11. The van der Waals surface area contributed by atoms with E-state index in [1.54, 1.807) is 11.3 Å². The minimum absolute atomic E-state index is 0.718. The molecule has 0 fully saturated rings. The van der Waals surface area contributed by atoms with Gasteiger partial charge in [0.1, 0.15) is 5.01 Å². The second-order valence-electron chi connectivity index (χ2n) is 8.51. The quantitative estimate of drug-likeness (QED) is 0.246. The molecule has 7 aromatic rings. The second kappa shape index (κ2) is 8.12. The van der Waals surface area contributed by atoms with E-state index in [0.29, 0.717) is 0 Å². The fourth-order valence-corrected chi connectivity index (χ4v) is 5.56. The summed E-state index contributed by atoms with van der Waals surface area (Å²) >= 11 is 1.71. The van der Waals surface area contributed by atoms with E-state index in [1.165, 1.54) is 10.1 Å². The largest absolute Gasteiger partial charge is 0.236 e. The van der Waals surface area contributed by atoms with Crippen LogP contribution in [-0.4, -0.2) is 15.0 Å². The molecule has 35 heavy (non-hydrogen) atoms. The highest BCUT2D eigenvalue weighted by atomic mass is 32.1. The van der Waals surface area contributed by atoms with Gasteiger partial charge < -0.3 is 0 Å². The lowest BCUT2D eigenvalue weighted by atomic mass is 10.0. The number of thiazole rings is 1. The number of nitrogens with zero attached hydrogens (tertiary/aromatic N) is 3. The van der Waals surface area contributed by atoms with Crippen molar-refractivity contribution in [1.82, 2.24) is 15.0 Å². The summed E-state index contributed by atoms with van der Waals surface area (Å²) in [6.45, 7) is 0. The van der Waals surface area contributed by atoms with Crippen LogP contribution in [-0.2, 0) is 0 Å². The van der Waals surface area contributed by atoms with E-state index in [0.717, 1.165) is 55.0 Å². The Bertz CT molecular complexity index is 1820. The molecule has 0 bridgehead atoms. The lowest BCUT2D eigenvalue weighted by Crippen LogP contribution is -1.96. The van der Waals surface area contributed by atoms with Crippen molar-refractivity contribution in [1.29, 1.82) is 0 Å². The summed E-state index contributed by atoms with van der Waals surface area (Å²) in [6, 6.07) is 39.7. The van der Waals surface area contributed by atoms with Crippen LogP contribution < -0.4 is 0 Å². The van der Waals surface area contributed by atoms with Crippen molar-refractivity contribution in [3.63, 3.8) is 0 Å². The molecule has 0 aliphatic carbocycles. The van der Waals surface area contributed by atoms with E-state index >= 15 is 0 Å². The fourth-order valence-electron chi connectivity index (χ4n) is 4.60. The van der Waals surface area contributed by atoms with E-state index in [9.17, 15) is 0 Å². The first-order chi connectivity index (χ1) is 17.3. The summed E-state index contributed by atoms with van der Waals surface area (Å²) in [6.07, 6.45) is 0. The maximum atomic E-state index is 5.11. The highest BCUT2D eigenvalue weighted by molar-refractivity contribution is 7.21. The molecule has 0 atom stereocenters. The molecule has 2 aromatic heterocycles. The van der Waals surface area contributed by atoms with Crippen LogP contribution in [0.3, 0.4) is 0 Å². The molecule has 0 unspecified atom stereocenters. The highest BCUT2D eigenvalue weighted by Crippen LogP contribution is 2.35. The third kappa shape index (κ3) is 3.47. The maximum Gasteiger partial charge on any atom is 0.160 e. The third-order valence-electron chi connectivity index (χ3n) is 6.30. The molecular formula is C31H19N3S. The zero-order valence-electron chi connectivity index (χ0n) is 18.7. The molecule has 0 aliphatic heterocycles. The number of benzene rings is 5. The predicted molar refractivity (Wildman–Crippen MR) is 147 cm³/mol. The standard InChI is InChI=1S/C31H19N3S/c1-2-10-21(11-3-1)28-25-18-17-20-9-4-5-14-24(20)29(25)34-30(33-28)22-12-8-13-23(19-22)31-32-26-15-6-7-16-27(26)35-31/h1-19H. The summed E-state index contributed by atoms with van der Waals surface area (Å²) in [5.74, 6) is 0.718. The van der Waals surface area contributed by atoms with E-state index in [-0.39, 0.29) is 0 Å². The van der Waals surface area contributed by atoms with Gasteiger partial charge in [0.15, 0.2) is 5.82 Å². The van der Waals surface area contributed by atoms with Crippen molar-refractivity contribution in [3.05, 3.63) is 115 Å². The Hall–Kier alpha value is -4.41. The Kier molecular flexibility index (Phi) is 4.64. The molecule has 0 N–H and O–H groups in total. The van der Waals surface area contributed by atoms with Gasteiger partial charge in [-0.25, -0.2) is 15.0 Å². The van der Waals surface area contributed by atoms with Gasteiger partial charge in [0, 0.05) is 27.5 Å². The van der Waals surface area contributed by atoms with Crippen LogP contribution in [0.2, 0.25) is 0 Å². The average molecular weight is 466 g/mol. The minimum atomic E-state index is 0.718. The molecule has 5 aromatic carbocycles. The van der Waals surface area contributed by atoms with Crippen LogP contribution in [0.25, 0.3) is 65.1 Å². The van der Waals surface area contributed by atoms with E-state index in [1.807, 2.05) is 12.1 Å². The first-order valence-electron chi connectivity index (χ1n) is 11.5. The van der Waals surface area contributed by atoms with Gasteiger partial charge in [-0.2, -0.15) is 0 Å². The number of aromatic nitrogens is 3. The van der Waals surface area contributed by atoms with Crippen molar-refractivity contribution in [3.8, 4) is 33.2 Å². The van der Waals surface area contributed by atoms with Gasteiger partial charge in [0.25, 0.3) is 0 Å². The lowest BCUT2D eigenvalue weighted by Gasteiger charge is -2.12.